The normalized spacial score (nSPS) is 10.2. The summed E-state index contributed by atoms with van der Waals surface area (Å²) in [7, 11) is 1.68. The summed E-state index contributed by atoms with van der Waals surface area (Å²) >= 11 is 0. The number of methoxy groups -OCH3 is 1. The van der Waals surface area contributed by atoms with E-state index >= 15 is 0 Å². The van der Waals surface area contributed by atoms with Gasteiger partial charge in [-0.15, -0.1) is 0 Å². The van der Waals surface area contributed by atoms with E-state index in [2.05, 4.69) is 19.3 Å². The highest BCUT2D eigenvalue weighted by Gasteiger charge is 2.07. The lowest BCUT2D eigenvalue weighted by molar-refractivity contribution is 0.407. The number of hydrazine groups is 1. The maximum Gasteiger partial charge on any atom is 0.122 e. The van der Waals surface area contributed by atoms with Crippen LogP contribution in [0.3, 0.4) is 0 Å². The van der Waals surface area contributed by atoms with E-state index in [9.17, 15) is 0 Å². The standard InChI is InChI=1S/C10H16N2O/c1-7(2)9-6-8(12-11)4-5-10(9)13-3/h4-7,12H,11H2,1-3H3. The Morgan fingerprint density at radius 3 is 2.54 bits per heavy atom. The van der Waals surface area contributed by atoms with E-state index in [1.54, 1.807) is 7.11 Å². The van der Waals surface area contributed by atoms with Gasteiger partial charge >= 0.3 is 0 Å². The molecule has 0 spiro atoms. The zero-order valence-corrected chi connectivity index (χ0v) is 8.29. The van der Waals surface area contributed by atoms with Gasteiger partial charge < -0.3 is 10.2 Å². The third-order valence-corrected chi connectivity index (χ3v) is 2.02. The molecule has 0 aliphatic carbocycles. The summed E-state index contributed by atoms with van der Waals surface area (Å²) in [6, 6.07) is 5.82. The number of benzene rings is 1. The molecule has 0 fully saturated rings. The monoisotopic (exact) mass is 180 g/mol. The topological polar surface area (TPSA) is 47.3 Å². The first kappa shape index (κ1) is 9.86. The van der Waals surface area contributed by atoms with E-state index in [0.717, 1.165) is 17.0 Å². The van der Waals surface area contributed by atoms with Crippen molar-refractivity contribution in [3.05, 3.63) is 23.8 Å². The second kappa shape index (κ2) is 4.14. The molecule has 0 heterocycles. The molecule has 0 aromatic heterocycles. The van der Waals surface area contributed by atoms with E-state index in [4.69, 9.17) is 10.6 Å². The van der Waals surface area contributed by atoms with Crippen LogP contribution in [0.15, 0.2) is 18.2 Å². The Hall–Kier alpha value is -1.22. The van der Waals surface area contributed by atoms with Crippen molar-refractivity contribution >= 4 is 5.69 Å². The molecule has 1 aromatic carbocycles. The van der Waals surface area contributed by atoms with E-state index in [-0.39, 0.29) is 0 Å². The molecule has 0 aliphatic rings. The maximum absolute atomic E-state index is 5.32. The lowest BCUT2D eigenvalue weighted by atomic mass is 10.0. The number of rotatable bonds is 3. The molecule has 0 bridgehead atoms. The van der Waals surface area contributed by atoms with Gasteiger partial charge in [0.15, 0.2) is 0 Å². The highest BCUT2D eigenvalue weighted by molar-refractivity contribution is 5.51. The molecule has 3 heteroatoms. The summed E-state index contributed by atoms with van der Waals surface area (Å²) in [4.78, 5) is 0. The molecule has 0 saturated carbocycles. The molecular formula is C10H16N2O. The minimum atomic E-state index is 0.434. The summed E-state index contributed by atoms with van der Waals surface area (Å²) in [5.41, 5.74) is 4.69. The Balaban J connectivity index is 3.10. The molecule has 0 saturated heterocycles. The third kappa shape index (κ3) is 2.12. The van der Waals surface area contributed by atoms with Gasteiger partial charge in [0, 0.05) is 5.69 Å². The number of nitrogens with one attached hydrogen (secondary N) is 1. The predicted molar refractivity (Wildman–Crippen MR) is 54.9 cm³/mol. The summed E-state index contributed by atoms with van der Waals surface area (Å²) < 4.78 is 5.24. The summed E-state index contributed by atoms with van der Waals surface area (Å²) in [6.45, 7) is 4.25. The van der Waals surface area contributed by atoms with Crippen LogP contribution in [0.1, 0.15) is 25.3 Å². The van der Waals surface area contributed by atoms with Crippen molar-refractivity contribution in [3.63, 3.8) is 0 Å². The Labute approximate surface area is 78.9 Å². The van der Waals surface area contributed by atoms with Crippen molar-refractivity contribution in [1.82, 2.24) is 0 Å². The van der Waals surface area contributed by atoms with Gasteiger partial charge in [-0.2, -0.15) is 0 Å². The fraction of sp³-hybridized carbons (Fsp3) is 0.400. The minimum Gasteiger partial charge on any atom is -0.496 e. The van der Waals surface area contributed by atoms with Crippen molar-refractivity contribution in [3.8, 4) is 5.75 Å². The van der Waals surface area contributed by atoms with Gasteiger partial charge in [0.1, 0.15) is 5.75 Å². The lowest BCUT2D eigenvalue weighted by Crippen LogP contribution is -2.07. The molecule has 1 rings (SSSR count). The number of nitrogen functional groups attached to an aromatic ring is 1. The molecule has 0 aliphatic heterocycles. The van der Waals surface area contributed by atoms with E-state index in [1.807, 2.05) is 18.2 Å². The molecule has 0 atom stereocenters. The molecule has 3 nitrogen and oxygen atoms in total. The Bertz CT molecular complexity index is 284. The summed E-state index contributed by atoms with van der Waals surface area (Å²) in [5.74, 6) is 6.66. The number of ether oxygens (including phenoxy) is 1. The molecule has 13 heavy (non-hydrogen) atoms. The van der Waals surface area contributed by atoms with Crippen molar-refractivity contribution in [2.45, 2.75) is 19.8 Å². The summed E-state index contributed by atoms with van der Waals surface area (Å²) in [6.07, 6.45) is 0. The van der Waals surface area contributed by atoms with Gasteiger partial charge in [0.05, 0.1) is 7.11 Å². The maximum atomic E-state index is 5.32. The smallest absolute Gasteiger partial charge is 0.122 e. The first-order valence-corrected chi connectivity index (χ1v) is 4.33. The van der Waals surface area contributed by atoms with Crippen molar-refractivity contribution in [2.24, 2.45) is 5.84 Å². The molecular weight excluding hydrogens is 164 g/mol. The van der Waals surface area contributed by atoms with Crippen LogP contribution < -0.4 is 16.0 Å². The highest BCUT2D eigenvalue weighted by atomic mass is 16.5. The molecule has 1 aromatic rings. The Morgan fingerprint density at radius 2 is 2.08 bits per heavy atom. The SMILES string of the molecule is COc1ccc(NN)cc1C(C)C. The van der Waals surface area contributed by atoms with Gasteiger partial charge in [-0.3, -0.25) is 5.84 Å². The zero-order chi connectivity index (χ0) is 9.84. The van der Waals surface area contributed by atoms with Gasteiger partial charge in [-0.1, -0.05) is 13.8 Å². The summed E-state index contributed by atoms with van der Waals surface area (Å²) in [5, 5.41) is 0. The highest BCUT2D eigenvalue weighted by Crippen LogP contribution is 2.28. The fourth-order valence-electron chi connectivity index (χ4n) is 1.28. The van der Waals surface area contributed by atoms with Crippen molar-refractivity contribution in [1.29, 1.82) is 0 Å². The van der Waals surface area contributed by atoms with Crippen molar-refractivity contribution < 1.29 is 4.74 Å². The first-order chi connectivity index (χ1) is 6.19. The van der Waals surface area contributed by atoms with E-state index in [1.165, 1.54) is 0 Å². The van der Waals surface area contributed by atoms with Gasteiger partial charge in [0.25, 0.3) is 0 Å². The third-order valence-electron chi connectivity index (χ3n) is 2.02. The molecule has 72 valence electrons. The minimum absolute atomic E-state index is 0.434. The average Bonchev–Trinajstić information content (AvgIpc) is 2.16. The molecule has 0 unspecified atom stereocenters. The molecule has 0 amide bonds. The van der Waals surface area contributed by atoms with E-state index < -0.39 is 0 Å². The van der Waals surface area contributed by atoms with Crippen molar-refractivity contribution in [2.75, 3.05) is 12.5 Å². The average molecular weight is 180 g/mol. The predicted octanol–water partition coefficient (Wildman–Crippen LogP) is 2.10. The van der Waals surface area contributed by atoms with Gasteiger partial charge in [-0.05, 0) is 29.7 Å². The first-order valence-electron chi connectivity index (χ1n) is 4.33. The Morgan fingerprint density at radius 1 is 1.38 bits per heavy atom. The lowest BCUT2D eigenvalue weighted by Gasteiger charge is -2.12. The number of nitrogens with two attached hydrogens (primary N) is 1. The van der Waals surface area contributed by atoms with Gasteiger partial charge in [0.2, 0.25) is 0 Å². The van der Waals surface area contributed by atoms with Crippen LogP contribution in [-0.4, -0.2) is 7.11 Å². The quantitative estimate of drug-likeness (QED) is 0.553. The fourth-order valence-corrected chi connectivity index (χ4v) is 1.28. The molecule has 3 N–H and O–H groups in total. The van der Waals surface area contributed by atoms with Gasteiger partial charge in [-0.25, -0.2) is 0 Å². The second-order valence-electron chi connectivity index (χ2n) is 3.26. The van der Waals surface area contributed by atoms with Crippen LogP contribution >= 0.6 is 0 Å². The van der Waals surface area contributed by atoms with E-state index in [0.29, 0.717) is 5.92 Å². The van der Waals surface area contributed by atoms with Crippen LogP contribution in [-0.2, 0) is 0 Å². The second-order valence-corrected chi connectivity index (χ2v) is 3.26. The van der Waals surface area contributed by atoms with Crippen LogP contribution in [0, 0.1) is 0 Å². The number of anilines is 1. The number of hydrogen-bond donors (Lipinski definition) is 2. The van der Waals surface area contributed by atoms with Crippen LogP contribution in [0.2, 0.25) is 0 Å². The zero-order valence-electron chi connectivity index (χ0n) is 8.29. The van der Waals surface area contributed by atoms with Crippen LogP contribution in [0.4, 0.5) is 5.69 Å². The largest absolute Gasteiger partial charge is 0.496 e. The van der Waals surface area contributed by atoms with Crippen LogP contribution in [0.5, 0.6) is 5.75 Å². The molecule has 0 radical (unpaired) electrons. The number of hydrogen-bond acceptors (Lipinski definition) is 3. The van der Waals surface area contributed by atoms with Crippen LogP contribution in [0.25, 0.3) is 0 Å². The Kier molecular flexibility index (Phi) is 3.14.